The van der Waals surface area contributed by atoms with E-state index < -0.39 is 0 Å². The van der Waals surface area contributed by atoms with Crippen LogP contribution in [0.1, 0.15) is 20.8 Å². The van der Waals surface area contributed by atoms with Crippen LogP contribution in [0.25, 0.3) is 0 Å². The molecule has 0 amide bonds. The molecule has 0 aromatic heterocycles. The van der Waals surface area contributed by atoms with Gasteiger partial charge in [0.05, 0.1) is 11.4 Å². The van der Waals surface area contributed by atoms with E-state index in [0.717, 1.165) is 5.71 Å². The second-order valence-corrected chi connectivity index (χ2v) is 2.13. The van der Waals surface area contributed by atoms with Crippen molar-refractivity contribution < 1.29 is 0 Å². The van der Waals surface area contributed by atoms with Crippen LogP contribution < -0.4 is 0 Å². The zero-order valence-electron chi connectivity index (χ0n) is 6.15. The molecular formula is C7H12N2. The van der Waals surface area contributed by atoms with Crippen LogP contribution in [-0.2, 0) is 0 Å². The summed E-state index contributed by atoms with van der Waals surface area (Å²) >= 11 is 0. The third-order valence-corrected chi connectivity index (χ3v) is 0.791. The first-order valence-corrected chi connectivity index (χ1v) is 2.80. The monoisotopic (exact) mass is 124 g/mol. The highest BCUT2D eigenvalue weighted by Crippen LogP contribution is 1.94. The summed E-state index contributed by atoms with van der Waals surface area (Å²) in [6, 6.07) is 0. The molecule has 0 aromatic carbocycles. The van der Waals surface area contributed by atoms with Crippen molar-refractivity contribution in [3.63, 3.8) is 0 Å². The first kappa shape index (κ1) is 8.08. The molecule has 0 aliphatic rings. The molecule has 0 aliphatic carbocycles. The minimum Gasteiger partial charge on any atom is -0.303 e. The maximum absolute atomic E-state index is 7.09. The molecule has 0 radical (unpaired) electrons. The molecule has 0 saturated heterocycles. The van der Waals surface area contributed by atoms with Gasteiger partial charge in [-0.2, -0.15) is 0 Å². The van der Waals surface area contributed by atoms with Crippen LogP contribution in [0.2, 0.25) is 0 Å². The van der Waals surface area contributed by atoms with Crippen molar-refractivity contribution in [1.82, 2.24) is 0 Å². The van der Waals surface area contributed by atoms with Crippen LogP contribution in [0.4, 0.5) is 0 Å². The number of nitrogens with one attached hydrogen (secondary N) is 1. The lowest BCUT2D eigenvalue weighted by molar-refractivity contribution is 1.36. The Morgan fingerprint density at radius 2 is 1.78 bits per heavy atom. The van der Waals surface area contributed by atoms with E-state index in [1.807, 2.05) is 13.8 Å². The lowest BCUT2D eigenvalue weighted by Gasteiger charge is -1.94. The lowest BCUT2D eigenvalue weighted by Crippen LogP contribution is -1.92. The Bertz CT molecular complexity index is 162. The van der Waals surface area contributed by atoms with Gasteiger partial charge in [-0.05, 0) is 20.8 Å². The van der Waals surface area contributed by atoms with Crippen molar-refractivity contribution in [2.75, 3.05) is 0 Å². The minimum absolute atomic E-state index is 0.427. The second kappa shape index (κ2) is 3.17. The van der Waals surface area contributed by atoms with Gasteiger partial charge < -0.3 is 5.41 Å². The summed E-state index contributed by atoms with van der Waals surface area (Å²) in [7, 11) is 0. The molecule has 0 fully saturated rings. The molecule has 2 nitrogen and oxygen atoms in total. The van der Waals surface area contributed by atoms with Gasteiger partial charge in [-0.1, -0.05) is 6.58 Å². The fraction of sp³-hybridized carbons (Fsp3) is 0.429. The van der Waals surface area contributed by atoms with E-state index in [0.29, 0.717) is 11.4 Å². The summed E-state index contributed by atoms with van der Waals surface area (Å²) < 4.78 is 0. The van der Waals surface area contributed by atoms with E-state index in [-0.39, 0.29) is 0 Å². The van der Waals surface area contributed by atoms with Crippen molar-refractivity contribution in [2.45, 2.75) is 20.8 Å². The molecule has 0 heterocycles. The van der Waals surface area contributed by atoms with Crippen LogP contribution in [0.3, 0.4) is 0 Å². The van der Waals surface area contributed by atoms with Crippen LogP contribution in [0.15, 0.2) is 17.3 Å². The zero-order valence-corrected chi connectivity index (χ0v) is 6.15. The van der Waals surface area contributed by atoms with Gasteiger partial charge in [0.1, 0.15) is 0 Å². The first-order chi connectivity index (χ1) is 4.04. The number of aliphatic imine (C=N–C) groups is 1. The highest BCUT2D eigenvalue weighted by molar-refractivity contribution is 5.97. The van der Waals surface area contributed by atoms with Gasteiger partial charge in [0, 0.05) is 5.71 Å². The number of hydrogen-bond acceptors (Lipinski definition) is 2. The summed E-state index contributed by atoms with van der Waals surface area (Å²) in [5.74, 6) is 0. The molecule has 0 saturated carbocycles. The molecule has 0 rings (SSSR count). The average molecular weight is 124 g/mol. The molecule has 0 aliphatic heterocycles. The summed E-state index contributed by atoms with van der Waals surface area (Å²) in [5.41, 5.74) is 1.91. The first-order valence-electron chi connectivity index (χ1n) is 2.80. The normalized spacial score (nSPS) is 8.33. The summed E-state index contributed by atoms with van der Waals surface area (Å²) in [6.07, 6.45) is 0. The Kier molecular flexibility index (Phi) is 2.85. The van der Waals surface area contributed by atoms with Gasteiger partial charge in [-0.3, -0.25) is 4.99 Å². The third-order valence-electron chi connectivity index (χ3n) is 0.791. The fourth-order valence-electron chi connectivity index (χ4n) is 0.354. The smallest absolute Gasteiger partial charge is 0.0761 e. The predicted octanol–water partition coefficient (Wildman–Crippen LogP) is 2.02. The Morgan fingerprint density at radius 3 is 1.89 bits per heavy atom. The molecule has 0 spiro atoms. The largest absolute Gasteiger partial charge is 0.303 e. The highest BCUT2D eigenvalue weighted by Gasteiger charge is 1.90. The van der Waals surface area contributed by atoms with Gasteiger partial charge >= 0.3 is 0 Å². The molecule has 9 heavy (non-hydrogen) atoms. The topological polar surface area (TPSA) is 36.2 Å². The van der Waals surface area contributed by atoms with E-state index in [9.17, 15) is 0 Å². The SMILES string of the molecule is C=C(N=C(C)C)C(C)=N. The second-order valence-electron chi connectivity index (χ2n) is 2.13. The number of rotatable bonds is 2. The summed E-state index contributed by atoms with van der Waals surface area (Å²) in [6.45, 7) is 9.02. The maximum atomic E-state index is 7.09. The maximum Gasteiger partial charge on any atom is 0.0761 e. The van der Waals surface area contributed by atoms with E-state index in [2.05, 4.69) is 11.6 Å². The molecule has 0 atom stereocenters. The Labute approximate surface area is 55.8 Å². The van der Waals surface area contributed by atoms with Gasteiger partial charge in [0.2, 0.25) is 0 Å². The molecule has 0 unspecified atom stereocenters. The summed E-state index contributed by atoms with van der Waals surface area (Å²) in [5, 5.41) is 7.09. The quantitative estimate of drug-likeness (QED) is 0.547. The van der Waals surface area contributed by atoms with Crippen molar-refractivity contribution in [3.8, 4) is 0 Å². The van der Waals surface area contributed by atoms with Crippen molar-refractivity contribution in [1.29, 1.82) is 5.41 Å². The van der Waals surface area contributed by atoms with Crippen LogP contribution >= 0.6 is 0 Å². The molecule has 1 N–H and O–H groups in total. The van der Waals surface area contributed by atoms with Gasteiger partial charge in [-0.25, -0.2) is 0 Å². The molecule has 0 aromatic rings. The van der Waals surface area contributed by atoms with Gasteiger partial charge in [0.15, 0.2) is 0 Å². The van der Waals surface area contributed by atoms with Crippen LogP contribution in [-0.4, -0.2) is 11.4 Å². The predicted molar refractivity (Wildman–Crippen MR) is 41.3 cm³/mol. The number of nitrogens with zero attached hydrogens (tertiary/aromatic N) is 1. The molecule has 2 heteroatoms. The van der Waals surface area contributed by atoms with Crippen LogP contribution in [0, 0.1) is 5.41 Å². The van der Waals surface area contributed by atoms with E-state index in [4.69, 9.17) is 5.41 Å². The average Bonchev–Trinajstić information content (AvgIpc) is 1.63. The van der Waals surface area contributed by atoms with E-state index in [1.54, 1.807) is 6.92 Å². The third kappa shape index (κ3) is 3.64. The molecular weight excluding hydrogens is 112 g/mol. The van der Waals surface area contributed by atoms with E-state index in [1.165, 1.54) is 0 Å². The molecule has 0 bridgehead atoms. The standard InChI is InChI=1S/C7H12N2/c1-5(2)9-7(4)6(3)8/h8H,4H2,1-3H3. The van der Waals surface area contributed by atoms with Gasteiger partial charge in [0.25, 0.3) is 0 Å². The van der Waals surface area contributed by atoms with Gasteiger partial charge in [-0.15, -0.1) is 0 Å². The number of allylic oxidation sites excluding steroid dienone is 1. The Morgan fingerprint density at radius 1 is 1.33 bits per heavy atom. The van der Waals surface area contributed by atoms with Crippen molar-refractivity contribution in [3.05, 3.63) is 12.3 Å². The Hall–Kier alpha value is -0.920. The minimum atomic E-state index is 0.427. The van der Waals surface area contributed by atoms with Crippen molar-refractivity contribution in [2.24, 2.45) is 4.99 Å². The Balaban J connectivity index is 4.09. The van der Waals surface area contributed by atoms with Crippen molar-refractivity contribution >= 4 is 11.4 Å². The number of hydrogen-bond donors (Lipinski definition) is 1. The van der Waals surface area contributed by atoms with Crippen LogP contribution in [0.5, 0.6) is 0 Å². The highest BCUT2D eigenvalue weighted by atomic mass is 14.8. The fourth-order valence-corrected chi connectivity index (χ4v) is 0.354. The lowest BCUT2D eigenvalue weighted by atomic mass is 10.3. The molecule has 50 valence electrons. The van der Waals surface area contributed by atoms with E-state index >= 15 is 0 Å². The zero-order chi connectivity index (χ0) is 7.44. The summed E-state index contributed by atoms with van der Waals surface area (Å²) in [4.78, 5) is 3.97.